The van der Waals surface area contributed by atoms with Gasteiger partial charge >= 0.3 is 5.97 Å². The summed E-state index contributed by atoms with van der Waals surface area (Å²) in [5.41, 5.74) is -2.38. The average Bonchev–Trinajstić information content (AvgIpc) is 1.26. The maximum atomic E-state index is 14.9. The Bertz CT molecular complexity index is 4960. The first-order chi connectivity index (χ1) is 51.8. The Morgan fingerprint density at radius 1 is 0.495 bits per heavy atom. The number of pyridine rings is 3. The third kappa shape index (κ3) is 16.2. The number of carboxylic acid groups (broad SMARTS) is 4. The third-order valence-electron chi connectivity index (χ3n) is 17.0. The molecule has 6 atom stereocenters. The first-order valence-electron chi connectivity index (χ1n) is 32.5. The molecule has 12 rings (SSSR count). The Balaban J connectivity index is 0.769. The molecule has 8 N–H and O–H groups in total. The van der Waals surface area contributed by atoms with Crippen molar-refractivity contribution in [3.8, 4) is 0 Å². The van der Waals surface area contributed by atoms with Crippen LogP contribution in [0.1, 0.15) is 58.6 Å². The number of nitrogens with one attached hydrogen (secondary N) is 5. The van der Waals surface area contributed by atoms with Gasteiger partial charge in [0, 0.05) is 86.5 Å². The molecule has 3 fully saturated rings. The largest absolute Gasteiger partial charge is 0.546 e. The van der Waals surface area contributed by atoms with Crippen LogP contribution in [-0.2, 0) is 91.7 Å². The number of carboxylic acids is 4. The number of nitrogens with zero attached hydrogens (tertiary/aromatic N) is 12. The maximum Gasteiger partial charge on any atom is 0.350 e. The molecule has 6 aliphatic heterocycles. The van der Waals surface area contributed by atoms with Gasteiger partial charge < -0.3 is 71.0 Å². The standard InChI is InChI=1S/C66H62N18O19S6/c1-64(2,58(95)96)101-76-37(34-28-107-61(67)68-34)46(85)71-40-51(90)82-43(31(25-104-54(40)82)22-79-16-10-7-11-17-79)49(88)74-62-69-35(29-108-62)38(77-102-65(3,4)59(97)98)47(86)72-41-52(91)83-44(32(26-105-55(41)83)23-80-18-12-8-13-19-80)50(89)75-63-70-36(30-109-63)39(78-103-66(5,6)60(99)100)48(87)73-42-53(92)84-45(57(93)94)33(27-106-56(42)84)24-81-20-14-9-15-21-81/h7-21,28-30,40-42,54-56H,22-27H2,1-6H3,(H8-3,67,68,69,70,71,72,73,74,75,85,86,87,88,89,93,94,95,96,97,98,99,100)/b76-37-,77-38-,78-39-/t40-,41-,42-,54-,55-,56-/m1/s1. The molecule has 43 heteroatoms. The molecule has 0 bridgehead atoms. The SMILES string of the molecule is CC(C)(O/N=C(\C(=O)N[C@@H]1C(=O)N2C(C(=O)Nc3nc(/C(=N/OC(C)(C)C(=O)O)C(=O)N[C@@H]4C(=O)N5C(C(=O)[O-])=C(C[n+]6ccccc6)CS[C@H]45)cs3)=C(C[n+]3ccccc3)CS[C@H]12)c1csc(NC(=O)C2=C(C[n+]3ccccc3)CS[C@@H]3[C@H](NC(=O)/C(=N\OC(C)(C)C(=O)[O-])c4csc(N)n4)C(=O)N23)n1)C(=O)[O-]. The van der Waals surface area contributed by atoms with E-state index in [4.69, 9.17) is 20.2 Å². The second-order valence-corrected chi connectivity index (χ2v) is 31.9. The van der Waals surface area contributed by atoms with E-state index in [1.54, 1.807) is 105 Å². The molecule has 0 saturated carbocycles. The lowest BCUT2D eigenvalue weighted by molar-refractivity contribution is -0.689. The highest BCUT2D eigenvalue weighted by molar-refractivity contribution is 8.00. The van der Waals surface area contributed by atoms with E-state index in [1.165, 1.54) is 44.6 Å². The lowest BCUT2D eigenvalue weighted by Crippen LogP contribution is -2.71. The summed E-state index contributed by atoms with van der Waals surface area (Å²) in [5.74, 6) is -13.5. The Hall–Kier alpha value is -11.5. The zero-order valence-electron chi connectivity index (χ0n) is 57.8. The smallest absolute Gasteiger partial charge is 0.350 e. The highest BCUT2D eigenvalue weighted by Gasteiger charge is 2.58. The van der Waals surface area contributed by atoms with Crippen LogP contribution in [0.15, 0.2) is 157 Å². The second-order valence-electron chi connectivity index (χ2n) is 25.9. The van der Waals surface area contributed by atoms with Crippen molar-refractivity contribution in [2.24, 2.45) is 15.5 Å². The summed E-state index contributed by atoms with van der Waals surface area (Å²) in [6, 6.07) is 11.7. The van der Waals surface area contributed by atoms with Gasteiger partial charge in [-0.3, -0.25) is 63.7 Å². The molecule has 0 aliphatic carbocycles. The van der Waals surface area contributed by atoms with Crippen LogP contribution in [0.2, 0.25) is 0 Å². The van der Waals surface area contributed by atoms with E-state index >= 15 is 0 Å². The van der Waals surface area contributed by atoms with E-state index in [0.29, 0.717) is 16.7 Å². The maximum absolute atomic E-state index is 14.9. The lowest BCUT2D eigenvalue weighted by Gasteiger charge is -2.50. The summed E-state index contributed by atoms with van der Waals surface area (Å²) in [7, 11) is 0. The van der Waals surface area contributed by atoms with E-state index in [0.717, 1.165) is 97.1 Å². The topological polar surface area (TPSA) is 505 Å². The van der Waals surface area contributed by atoms with Crippen molar-refractivity contribution in [1.29, 1.82) is 0 Å². The Morgan fingerprint density at radius 3 is 1.12 bits per heavy atom. The summed E-state index contributed by atoms with van der Waals surface area (Å²) in [6.07, 6.45) is 10.3. The second kappa shape index (κ2) is 31.3. The predicted molar refractivity (Wildman–Crippen MR) is 382 cm³/mol. The van der Waals surface area contributed by atoms with Crippen LogP contribution in [0.3, 0.4) is 0 Å². The number of carbonyl (C=O) groups excluding carboxylic acids is 11. The highest BCUT2D eigenvalue weighted by Crippen LogP contribution is 2.44. The molecule has 566 valence electrons. The van der Waals surface area contributed by atoms with E-state index in [-0.39, 0.29) is 86.5 Å². The summed E-state index contributed by atoms with van der Waals surface area (Å²) in [5, 5.41) is 71.8. The van der Waals surface area contributed by atoms with Crippen LogP contribution < -0.4 is 61.3 Å². The molecule has 109 heavy (non-hydrogen) atoms. The minimum atomic E-state index is -2.18. The van der Waals surface area contributed by atoms with Gasteiger partial charge in [0.05, 0.1) is 23.6 Å². The Morgan fingerprint density at radius 2 is 0.807 bits per heavy atom. The fourth-order valence-corrected chi connectivity index (χ4v) is 17.1. The number of nitrogen functional groups attached to an aromatic ring is 1. The number of aliphatic carboxylic acids is 4. The molecule has 8 amide bonds. The summed E-state index contributed by atoms with van der Waals surface area (Å²) >= 11 is 6.04. The predicted octanol–water partition coefficient (Wildman–Crippen LogP) is -3.33. The van der Waals surface area contributed by atoms with Crippen molar-refractivity contribution in [2.75, 3.05) is 33.6 Å². The third-order valence-corrected chi connectivity index (χ3v) is 23.2. The number of aromatic nitrogens is 6. The number of oxime groups is 3. The number of hydrogen-bond acceptors (Lipinski definition) is 31. The number of amides is 8. The first-order valence-corrected chi connectivity index (χ1v) is 38.3. The van der Waals surface area contributed by atoms with Crippen LogP contribution >= 0.6 is 69.3 Å². The van der Waals surface area contributed by atoms with Gasteiger partial charge in [-0.1, -0.05) is 33.7 Å². The number of β-lactam (4-membered cyclic amide) rings is 3. The van der Waals surface area contributed by atoms with Gasteiger partial charge in [-0.05, 0) is 41.5 Å². The van der Waals surface area contributed by atoms with Crippen LogP contribution in [0.5, 0.6) is 0 Å². The molecule has 37 nitrogen and oxygen atoms in total. The number of thiazole rings is 3. The van der Waals surface area contributed by atoms with E-state index < -0.39 is 139 Å². The van der Waals surface area contributed by atoms with Crippen LogP contribution in [-0.4, -0.2) is 191 Å². The molecule has 0 aromatic carbocycles. The minimum Gasteiger partial charge on any atom is -0.546 e. The van der Waals surface area contributed by atoms with Gasteiger partial charge in [-0.2, -0.15) is 0 Å². The number of anilines is 3. The molecule has 6 aromatic rings. The first kappa shape index (κ1) is 77.1. The normalized spacial score (nSPS) is 20.1. The van der Waals surface area contributed by atoms with Gasteiger partial charge in [0.1, 0.15) is 62.7 Å². The quantitative estimate of drug-likeness (QED) is 0.0105. The van der Waals surface area contributed by atoms with Gasteiger partial charge in [0.2, 0.25) is 5.60 Å². The molecule has 3 saturated heterocycles. The van der Waals surface area contributed by atoms with Crippen molar-refractivity contribution in [3.05, 3.63) is 159 Å². The summed E-state index contributed by atoms with van der Waals surface area (Å²) < 4.78 is 5.21. The van der Waals surface area contributed by atoms with Crippen LogP contribution in [0, 0.1) is 0 Å². The van der Waals surface area contributed by atoms with Crippen molar-refractivity contribution in [3.63, 3.8) is 0 Å². The monoisotopic (exact) mass is 1600 g/mol. The van der Waals surface area contributed by atoms with Gasteiger partial charge in [-0.25, -0.2) is 33.4 Å². The van der Waals surface area contributed by atoms with Gasteiger partial charge in [0.15, 0.2) is 101 Å². The number of rotatable bonds is 29. The van der Waals surface area contributed by atoms with Crippen LogP contribution in [0.4, 0.5) is 15.4 Å². The fraction of sp³-hybridized carbons (Fsp3) is 0.318. The number of thioether (sulfide) groups is 3. The summed E-state index contributed by atoms with van der Waals surface area (Å²) in [4.78, 5) is 196. The zero-order valence-corrected chi connectivity index (χ0v) is 62.7. The van der Waals surface area contributed by atoms with E-state index in [2.05, 4.69) is 57.0 Å². The lowest BCUT2D eigenvalue weighted by atomic mass is 10.0. The van der Waals surface area contributed by atoms with E-state index in [1.807, 2.05) is 0 Å². The summed E-state index contributed by atoms with van der Waals surface area (Å²) in [6.45, 7) is 7.00. The van der Waals surface area contributed by atoms with Gasteiger partial charge in [-0.15, -0.1) is 69.3 Å². The van der Waals surface area contributed by atoms with Crippen molar-refractivity contribution >= 4 is 173 Å². The molecule has 0 spiro atoms. The number of hydrogen-bond donors (Lipinski definition) is 7. The molecular formula is C66H62N18O19S6. The van der Waals surface area contributed by atoms with Crippen molar-refractivity contribution < 1.29 is 106 Å². The molecule has 0 radical (unpaired) electrons. The number of fused-ring (bicyclic) bond motifs is 3. The fourth-order valence-electron chi connectivity index (χ4n) is 11.1. The zero-order chi connectivity index (χ0) is 78.1. The molecule has 12 heterocycles. The van der Waals surface area contributed by atoms with Gasteiger partial charge in [0.25, 0.3) is 47.3 Å². The van der Waals surface area contributed by atoms with E-state index in [9.17, 15) is 78.0 Å². The molecule has 6 aromatic heterocycles. The highest BCUT2D eigenvalue weighted by atomic mass is 32.2. The number of carbonyl (C=O) groups is 12. The molecular weight excluding hydrogens is 1540 g/mol. The Labute approximate surface area is 641 Å². The van der Waals surface area contributed by atoms with Crippen molar-refractivity contribution in [2.45, 2.75) is 112 Å². The molecule has 0 unspecified atom stereocenters. The number of nitrogens with two attached hydrogens (primary N) is 1. The van der Waals surface area contributed by atoms with Crippen LogP contribution in [0.25, 0.3) is 0 Å². The van der Waals surface area contributed by atoms with Crippen molar-refractivity contribution in [1.82, 2.24) is 45.6 Å². The average molecular weight is 1600 g/mol. The molecule has 6 aliphatic rings. The Kier molecular flexibility index (Phi) is 22.2. The minimum absolute atomic E-state index is 0.0287.